The summed E-state index contributed by atoms with van der Waals surface area (Å²) in [4.78, 5) is 23.0. The molecule has 4 nitrogen and oxygen atoms in total. The Morgan fingerprint density at radius 1 is 1.39 bits per heavy atom. The van der Waals surface area contributed by atoms with Gasteiger partial charge in [-0.05, 0) is 37.1 Å². The van der Waals surface area contributed by atoms with Gasteiger partial charge in [-0.2, -0.15) is 0 Å². The van der Waals surface area contributed by atoms with E-state index in [0.717, 1.165) is 16.5 Å². The van der Waals surface area contributed by atoms with Crippen molar-refractivity contribution in [1.29, 1.82) is 0 Å². The van der Waals surface area contributed by atoms with Gasteiger partial charge in [0.05, 0.1) is 6.61 Å². The zero-order valence-electron chi connectivity index (χ0n) is 10.5. The van der Waals surface area contributed by atoms with Crippen molar-refractivity contribution in [1.82, 2.24) is 5.32 Å². The van der Waals surface area contributed by atoms with Gasteiger partial charge in [0.15, 0.2) is 0 Å². The van der Waals surface area contributed by atoms with Gasteiger partial charge >= 0.3 is 5.97 Å². The maximum absolute atomic E-state index is 11.8. The van der Waals surface area contributed by atoms with E-state index in [0.29, 0.717) is 12.2 Å². The number of halogens is 1. The maximum Gasteiger partial charge on any atom is 0.325 e. The summed E-state index contributed by atoms with van der Waals surface area (Å²) in [6.07, 6.45) is 0.769. The topological polar surface area (TPSA) is 55.4 Å². The quantitative estimate of drug-likeness (QED) is 0.849. The minimum Gasteiger partial charge on any atom is -0.464 e. The molecule has 1 aromatic carbocycles. The minimum absolute atomic E-state index is 0.103. The number of carbonyl (C=O) groups is 2. The lowest BCUT2D eigenvalue weighted by Gasteiger charge is -2.06. The highest BCUT2D eigenvalue weighted by molar-refractivity contribution is 9.10. The van der Waals surface area contributed by atoms with Crippen molar-refractivity contribution in [3.8, 4) is 0 Å². The second-order valence-corrected chi connectivity index (χ2v) is 4.72. The third-order valence-electron chi connectivity index (χ3n) is 2.28. The molecule has 0 heterocycles. The van der Waals surface area contributed by atoms with Gasteiger partial charge in [-0.15, -0.1) is 0 Å². The van der Waals surface area contributed by atoms with Crippen LogP contribution in [0.3, 0.4) is 0 Å². The number of hydrogen-bond acceptors (Lipinski definition) is 3. The summed E-state index contributed by atoms with van der Waals surface area (Å²) in [6.45, 7) is 4.09. The molecule has 0 aliphatic rings. The van der Waals surface area contributed by atoms with Gasteiger partial charge in [-0.1, -0.05) is 22.9 Å². The maximum atomic E-state index is 11.8. The third-order valence-corrected chi connectivity index (χ3v) is 3.17. The first kappa shape index (κ1) is 14.7. The average Bonchev–Trinajstić information content (AvgIpc) is 2.36. The number of hydrogen-bond donors (Lipinski definition) is 1. The highest BCUT2D eigenvalue weighted by Crippen LogP contribution is 2.16. The normalized spacial score (nSPS) is 9.94. The van der Waals surface area contributed by atoms with Crippen LogP contribution in [0.25, 0.3) is 0 Å². The van der Waals surface area contributed by atoms with Crippen LogP contribution in [0, 0.1) is 6.92 Å². The summed E-state index contributed by atoms with van der Waals surface area (Å²) in [5.41, 5.74) is 1.50. The highest BCUT2D eigenvalue weighted by Gasteiger charge is 2.09. The lowest BCUT2D eigenvalue weighted by atomic mass is 10.1. The van der Waals surface area contributed by atoms with Gasteiger partial charge in [-0.25, -0.2) is 0 Å². The number of ether oxygens (including phenoxy) is 1. The average molecular weight is 314 g/mol. The first-order valence-electron chi connectivity index (χ1n) is 5.74. The molecule has 0 radical (unpaired) electrons. The van der Waals surface area contributed by atoms with Gasteiger partial charge in [-0.3, -0.25) is 9.59 Å². The summed E-state index contributed by atoms with van der Waals surface area (Å²) in [5, 5.41) is 2.53. The van der Waals surface area contributed by atoms with E-state index in [1.54, 1.807) is 18.2 Å². The molecule has 0 saturated heterocycles. The molecule has 0 bridgehead atoms. The monoisotopic (exact) mass is 313 g/mol. The number of amides is 1. The van der Waals surface area contributed by atoms with Crippen molar-refractivity contribution in [2.75, 3.05) is 13.2 Å². The van der Waals surface area contributed by atoms with Crippen LogP contribution in [0.1, 0.15) is 29.3 Å². The molecule has 0 saturated carbocycles. The Morgan fingerprint density at radius 2 is 2.11 bits per heavy atom. The van der Waals surface area contributed by atoms with Crippen molar-refractivity contribution >= 4 is 27.8 Å². The molecule has 0 aromatic heterocycles. The van der Waals surface area contributed by atoms with Crippen molar-refractivity contribution in [3.63, 3.8) is 0 Å². The number of benzene rings is 1. The molecule has 98 valence electrons. The van der Waals surface area contributed by atoms with Crippen LogP contribution >= 0.6 is 15.9 Å². The smallest absolute Gasteiger partial charge is 0.325 e. The molecular weight excluding hydrogens is 298 g/mol. The van der Waals surface area contributed by atoms with Crippen LogP contribution < -0.4 is 5.32 Å². The Hall–Kier alpha value is -1.36. The molecule has 0 aliphatic carbocycles. The van der Waals surface area contributed by atoms with E-state index in [9.17, 15) is 9.59 Å². The van der Waals surface area contributed by atoms with E-state index in [-0.39, 0.29) is 12.5 Å². The van der Waals surface area contributed by atoms with Gasteiger partial charge in [0.25, 0.3) is 5.91 Å². The van der Waals surface area contributed by atoms with Crippen molar-refractivity contribution in [3.05, 3.63) is 33.8 Å². The number of rotatable bonds is 5. The lowest BCUT2D eigenvalue weighted by molar-refractivity contribution is -0.142. The third kappa shape index (κ3) is 4.49. The Balaban J connectivity index is 2.50. The molecule has 18 heavy (non-hydrogen) atoms. The van der Waals surface area contributed by atoms with Crippen LogP contribution in [0.2, 0.25) is 0 Å². The fourth-order valence-electron chi connectivity index (χ4n) is 1.31. The molecule has 0 atom stereocenters. The van der Waals surface area contributed by atoms with Gasteiger partial charge in [0, 0.05) is 10.0 Å². The largest absolute Gasteiger partial charge is 0.464 e. The fraction of sp³-hybridized carbons (Fsp3) is 0.385. The van der Waals surface area contributed by atoms with Crippen LogP contribution in [-0.4, -0.2) is 25.0 Å². The Labute approximate surface area is 115 Å². The molecule has 1 N–H and O–H groups in total. The standard InChI is InChI=1S/C13H16BrNO3/c1-3-6-18-12(16)8-15-13(17)10-4-5-11(14)9(2)7-10/h4-5,7H,3,6,8H2,1-2H3,(H,15,17). The molecule has 1 rings (SSSR count). The van der Waals surface area contributed by atoms with Crippen LogP contribution in [0.5, 0.6) is 0 Å². The van der Waals surface area contributed by atoms with E-state index in [1.807, 2.05) is 13.8 Å². The molecule has 0 aliphatic heterocycles. The van der Waals surface area contributed by atoms with Crippen molar-refractivity contribution in [2.45, 2.75) is 20.3 Å². The van der Waals surface area contributed by atoms with Crippen molar-refractivity contribution < 1.29 is 14.3 Å². The van der Waals surface area contributed by atoms with Crippen LogP contribution in [0.4, 0.5) is 0 Å². The molecule has 0 unspecified atom stereocenters. The first-order chi connectivity index (χ1) is 8.54. The lowest BCUT2D eigenvalue weighted by Crippen LogP contribution is -2.30. The SMILES string of the molecule is CCCOC(=O)CNC(=O)c1ccc(Br)c(C)c1. The predicted molar refractivity (Wildman–Crippen MR) is 72.5 cm³/mol. The van der Waals surface area contributed by atoms with E-state index in [2.05, 4.69) is 21.2 Å². The summed E-state index contributed by atoms with van der Waals surface area (Å²) < 4.78 is 5.80. The zero-order valence-corrected chi connectivity index (χ0v) is 12.0. The Morgan fingerprint density at radius 3 is 2.72 bits per heavy atom. The molecule has 0 fully saturated rings. The number of esters is 1. The van der Waals surface area contributed by atoms with E-state index in [1.165, 1.54) is 0 Å². The molecule has 1 aromatic rings. The second kappa shape index (κ2) is 7.16. The number of carbonyl (C=O) groups excluding carboxylic acids is 2. The molecule has 5 heteroatoms. The Kier molecular flexibility index (Phi) is 5.85. The molecular formula is C13H16BrNO3. The first-order valence-corrected chi connectivity index (χ1v) is 6.54. The Bertz CT molecular complexity index is 446. The summed E-state index contributed by atoms with van der Waals surface area (Å²) in [6, 6.07) is 5.26. The number of aryl methyl sites for hydroxylation is 1. The van der Waals surface area contributed by atoms with Gasteiger partial charge in [0.1, 0.15) is 6.54 Å². The molecule has 1 amide bonds. The van der Waals surface area contributed by atoms with E-state index < -0.39 is 5.97 Å². The van der Waals surface area contributed by atoms with Crippen molar-refractivity contribution in [2.24, 2.45) is 0 Å². The highest BCUT2D eigenvalue weighted by atomic mass is 79.9. The zero-order chi connectivity index (χ0) is 13.5. The summed E-state index contributed by atoms with van der Waals surface area (Å²) in [7, 11) is 0. The van der Waals surface area contributed by atoms with Gasteiger partial charge < -0.3 is 10.1 Å². The van der Waals surface area contributed by atoms with E-state index >= 15 is 0 Å². The fourth-order valence-corrected chi connectivity index (χ4v) is 1.55. The van der Waals surface area contributed by atoms with Crippen LogP contribution in [0.15, 0.2) is 22.7 Å². The summed E-state index contributed by atoms with van der Waals surface area (Å²) in [5.74, 6) is -0.696. The predicted octanol–water partition coefficient (Wildman–Crippen LogP) is 2.44. The van der Waals surface area contributed by atoms with Gasteiger partial charge in [0.2, 0.25) is 0 Å². The molecule has 0 spiro atoms. The van der Waals surface area contributed by atoms with E-state index in [4.69, 9.17) is 4.74 Å². The second-order valence-electron chi connectivity index (χ2n) is 3.87. The summed E-state index contributed by atoms with van der Waals surface area (Å²) >= 11 is 3.36. The number of nitrogens with one attached hydrogen (secondary N) is 1. The van der Waals surface area contributed by atoms with Crippen LogP contribution in [-0.2, 0) is 9.53 Å². The minimum atomic E-state index is -0.418.